The van der Waals surface area contributed by atoms with Gasteiger partial charge in [0.25, 0.3) is 0 Å². The van der Waals surface area contributed by atoms with Crippen LogP contribution in [-0.4, -0.2) is 24.5 Å². The minimum absolute atomic E-state index is 0.409. The number of hydrogen-bond donors (Lipinski definition) is 0. The van der Waals surface area contributed by atoms with Gasteiger partial charge in [0.05, 0.1) is 24.6 Å². The second kappa shape index (κ2) is 6.42. The van der Waals surface area contributed by atoms with Gasteiger partial charge >= 0.3 is 0 Å². The molecule has 96 valence electrons. The van der Waals surface area contributed by atoms with E-state index in [4.69, 9.17) is 9.47 Å². The third kappa shape index (κ3) is 3.03. The third-order valence-electron chi connectivity index (χ3n) is 2.69. The van der Waals surface area contributed by atoms with Crippen molar-refractivity contribution < 1.29 is 14.3 Å². The van der Waals surface area contributed by atoms with Crippen molar-refractivity contribution in [2.24, 2.45) is 0 Å². The Labute approximate surface area is 107 Å². The van der Waals surface area contributed by atoms with Crippen LogP contribution in [0.3, 0.4) is 0 Å². The molecule has 18 heavy (non-hydrogen) atoms. The molecule has 1 aliphatic heterocycles. The maximum atomic E-state index is 11.0. The van der Waals surface area contributed by atoms with E-state index in [1.807, 2.05) is 31.2 Å². The molecule has 0 unspecified atom stereocenters. The highest BCUT2D eigenvalue weighted by atomic mass is 16.7. The van der Waals surface area contributed by atoms with Gasteiger partial charge in [0.15, 0.2) is 6.29 Å². The number of allylic oxidation sites excluding steroid dienone is 2. The van der Waals surface area contributed by atoms with E-state index in [-0.39, 0.29) is 0 Å². The van der Waals surface area contributed by atoms with E-state index in [2.05, 4.69) is 4.98 Å². The zero-order valence-corrected chi connectivity index (χ0v) is 10.5. The van der Waals surface area contributed by atoms with E-state index >= 15 is 0 Å². The molecule has 2 heterocycles. The van der Waals surface area contributed by atoms with Crippen LogP contribution in [0.15, 0.2) is 24.3 Å². The Bertz CT molecular complexity index is 436. The maximum Gasteiger partial charge on any atom is 0.201 e. The zero-order valence-electron chi connectivity index (χ0n) is 10.5. The monoisotopic (exact) mass is 247 g/mol. The lowest BCUT2D eigenvalue weighted by atomic mass is 10.1. The molecule has 1 fully saturated rings. The molecular weight excluding hydrogens is 230 g/mol. The van der Waals surface area contributed by atoms with E-state index in [0.29, 0.717) is 24.5 Å². The average molecular weight is 247 g/mol. The lowest BCUT2D eigenvalue weighted by Crippen LogP contribution is -2.19. The van der Waals surface area contributed by atoms with Crippen molar-refractivity contribution in [3.63, 3.8) is 0 Å². The van der Waals surface area contributed by atoms with Gasteiger partial charge < -0.3 is 9.47 Å². The molecule has 0 aromatic carbocycles. The van der Waals surface area contributed by atoms with Crippen molar-refractivity contribution in [1.29, 1.82) is 0 Å². The van der Waals surface area contributed by atoms with Crippen LogP contribution in [0, 0.1) is 0 Å². The van der Waals surface area contributed by atoms with Gasteiger partial charge in [-0.3, -0.25) is 4.79 Å². The summed E-state index contributed by atoms with van der Waals surface area (Å²) in [6, 6.07) is 5.54. The summed E-state index contributed by atoms with van der Waals surface area (Å²) in [5.41, 5.74) is 1.99. The van der Waals surface area contributed by atoms with Crippen LogP contribution in [-0.2, 0) is 14.3 Å². The highest BCUT2D eigenvalue weighted by Gasteiger charge is 2.18. The lowest BCUT2D eigenvalue weighted by molar-refractivity contribution is -0.185. The molecule has 1 aromatic heterocycles. The van der Waals surface area contributed by atoms with Crippen LogP contribution in [0.5, 0.6) is 0 Å². The van der Waals surface area contributed by atoms with Crippen molar-refractivity contribution >= 4 is 11.9 Å². The predicted molar refractivity (Wildman–Crippen MR) is 67.8 cm³/mol. The summed E-state index contributed by atoms with van der Waals surface area (Å²) in [6.07, 6.45) is 4.00. The second-order valence-electron chi connectivity index (χ2n) is 4.06. The molecule has 0 N–H and O–H groups in total. The normalized spacial score (nSPS) is 17.7. The number of nitrogens with zero attached hydrogens (tertiary/aromatic N) is 1. The van der Waals surface area contributed by atoms with Gasteiger partial charge in [-0.25, -0.2) is 4.98 Å². The molecule has 1 aliphatic rings. The maximum absolute atomic E-state index is 11.0. The first-order chi connectivity index (χ1) is 8.85. The van der Waals surface area contributed by atoms with Gasteiger partial charge in [-0.1, -0.05) is 19.1 Å². The summed E-state index contributed by atoms with van der Waals surface area (Å²) < 4.78 is 11.0. The van der Waals surface area contributed by atoms with Crippen molar-refractivity contribution in [3.05, 3.63) is 35.7 Å². The summed E-state index contributed by atoms with van der Waals surface area (Å²) >= 11 is 0. The number of aromatic nitrogens is 1. The molecule has 1 saturated heterocycles. The smallest absolute Gasteiger partial charge is 0.201 e. The van der Waals surface area contributed by atoms with E-state index in [9.17, 15) is 4.79 Å². The van der Waals surface area contributed by atoms with Crippen LogP contribution in [0.25, 0.3) is 5.57 Å². The summed E-state index contributed by atoms with van der Waals surface area (Å²) in [4.78, 5) is 15.4. The molecule has 1 aromatic rings. The Balaban J connectivity index is 2.23. The van der Waals surface area contributed by atoms with Gasteiger partial charge in [-0.2, -0.15) is 0 Å². The molecule has 0 radical (unpaired) electrons. The van der Waals surface area contributed by atoms with Crippen molar-refractivity contribution in [1.82, 2.24) is 4.98 Å². The van der Waals surface area contributed by atoms with Crippen LogP contribution in [0.1, 0.15) is 37.4 Å². The lowest BCUT2D eigenvalue weighted by Gasteiger charge is -2.22. The van der Waals surface area contributed by atoms with Gasteiger partial charge in [-0.15, -0.1) is 0 Å². The van der Waals surface area contributed by atoms with Crippen LogP contribution in [0.2, 0.25) is 0 Å². The quantitative estimate of drug-likeness (QED) is 0.606. The highest BCUT2D eigenvalue weighted by Crippen LogP contribution is 2.22. The fourth-order valence-electron chi connectivity index (χ4n) is 1.84. The number of ether oxygens (including phenoxy) is 2. The predicted octanol–water partition coefficient (Wildman–Crippen LogP) is 2.51. The minimum atomic E-state index is -0.409. The van der Waals surface area contributed by atoms with Gasteiger partial charge in [0, 0.05) is 5.57 Å². The average Bonchev–Trinajstić information content (AvgIpc) is 2.46. The summed E-state index contributed by atoms with van der Waals surface area (Å²) in [6.45, 7) is 3.35. The summed E-state index contributed by atoms with van der Waals surface area (Å²) in [5, 5.41) is 0. The minimum Gasteiger partial charge on any atom is -0.347 e. The fourth-order valence-corrected chi connectivity index (χ4v) is 1.84. The molecule has 0 atom stereocenters. The van der Waals surface area contributed by atoms with E-state index in [1.165, 1.54) is 0 Å². The number of hydrogen-bond acceptors (Lipinski definition) is 4. The molecule has 0 bridgehead atoms. The van der Waals surface area contributed by atoms with Crippen molar-refractivity contribution in [2.45, 2.75) is 26.1 Å². The van der Waals surface area contributed by atoms with E-state index < -0.39 is 6.29 Å². The molecular formula is C14H17NO3. The Kier molecular flexibility index (Phi) is 4.61. The van der Waals surface area contributed by atoms with Crippen LogP contribution >= 0.6 is 0 Å². The Hall–Kier alpha value is -1.52. The molecule has 0 saturated carbocycles. The Morgan fingerprint density at radius 2 is 2.22 bits per heavy atom. The van der Waals surface area contributed by atoms with Gasteiger partial charge in [-0.05, 0) is 25.0 Å². The highest BCUT2D eigenvalue weighted by molar-refractivity contribution is 6.05. The number of rotatable bonds is 4. The second-order valence-corrected chi connectivity index (χ2v) is 4.06. The zero-order chi connectivity index (χ0) is 12.8. The first-order valence-corrected chi connectivity index (χ1v) is 6.21. The fraction of sp³-hybridized carbons (Fsp3) is 0.429. The first-order valence-electron chi connectivity index (χ1n) is 6.21. The molecule has 4 nitrogen and oxygen atoms in total. The standard InChI is InChI=1S/C14H17NO3/c1-2-5-11(10-16)12-6-3-7-13(15-12)14-17-8-4-9-18-14/h3,5-7,10,14H,2,4,8-9H2,1H3/b11-5+. The SMILES string of the molecule is CC/C=C(\C=O)c1cccc(C2OCCCO2)n1. The van der Waals surface area contributed by atoms with Crippen LogP contribution in [0.4, 0.5) is 0 Å². The number of pyridine rings is 1. The largest absolute Gasteiger partial charge is 0.347 e. The van der Waals surface area contributed by atoms with Gasteiger partial charge in [0.1, 0.15) is 0 Å². The molecule has 0 aliphatic carbocycles. The number of carbonyl (C=O) groups is 1. The topological polar surface area (TPSA) is 48.4 Å². The van der Waals surface area contributed by atoms with E-state index in [1.54, 1.807) is 0 Å². The summed E-state index contributed by atoms with van der Waals surface area (Å²) in [7, 11) is 0. The summed E-state index contributed by atoms with van der Waals surface area (Å²) in [5.74, 6) is 0. The number of aldehydes is 1. The third-order valence-corrected chi connectivity index (χ3v) is 2.69. The molecule has 4 heteroatoms. The first kappa shape index (κ1) is 12.9. The van der Waals surface area contributed by atoms with Crippen molar-refractivity contribution in [3.8, 4) is 0 Å². The van der Waals surface area contributed by atoms with Crippen molar-refractivity contribution in [2.75, 3.05) is 13.2 Å². The van der Waals surface area contributed by atoms with Crippen LogP contribution < -0.4 is 0 Å². The Morgan fingerprint density at radius 1 is 1.44 bits per heavy atom. The molecule has 0 amide bonds. The number of carbonyl (C=O) groups excluding carboxylic acids is 1. The van der Waals surface area contributed by atoms with Gasteiger partial charge in [0.2, 0.25) is 6.29 Å². The Morgan fingerprint density at radius 3 is 2.89 bits per heavy atom. The van der Waals surface area contributed by atoms with E-state index in [0.717, 1.165) is 24.8 Å². The molecule has 2 rings (SSSR count). The molecule has 0 spiro atoms.